The minimum atomic E-state index is 0.364. The van der Waals surface area contributed by atoms with Gasteiger partial charge in [-0.25, -0.2) is 4.98 Å². The van der Waals surface area contributed by atoms with E-state index in [2.05, 4.69) is 48.2 Å². The van der Waals surface area contributed by atoms with Gasteiger partial charge in [-0.15, -0.1) is 5.10 Å². The largest absolute Gasteiger partial charge is 0.378 e. The first-order chi connectivity index (χ1) is 13.7. The lowest BCUT2D eigenvalue weighted by Crippen LogP contribution is -2.59. The molecule has 28 heavy (non-hydrogen) atoms. The first-order valence-electron chi connectivity index (χ1n) is 9.75. The average molecular weight is 380 g/mol. The van der Waals surface area contributed by atoms with Crippen LogP contribution >= 0.6 is 0 Å². The number of methoxy groups -OCH3 is 1. The molecule has 0 amide bonds. The Labute approximate surface area is 163 Å². The van der Waals surface area contributed by atoms with Gasteiger partial charge in [-0.1, -0.05) is 0 Å². The Hall–Kier alpha value is -2.81. The highest BCUT2D eigenvalue weighted by molar-refractivity contribution is 5.52. The van der Waals surface area contributed by atoms with Crippen LogP contribution in [0.2, 0.25) is 0 Å². The molecule has 0 N–H and O–H groups in total. The van der Waals surface area contributed by atoms with Crippen LogP contribution in [0.5, 0.6) is 0 Å². The highest BCUT2D eigenvalue weighted by Crippen LogP contribution is 2.28. The summed E-state index contributed by atoms with van der Waals surface area (Å²) in [6.45, 7) is 2.26. The van der Waals surface area contributed by atoms with E-state index in [1.165, 1.54) is 30.4 Å². The highest BCUT2D eigenvalue weighted by atomic mass is 16.5. The van der Waals surface area contributed by atoms with Crippen LogP contribution in [-0.4, -0.2) is 63.1 Å². The van der Waals surface area contributed by atoms with E-state index in [1.807, 2.05) is 6.07 Å². The van der Waals surface area contributed by atoms with Crippen molar-refractivity contribution in [3.63, 3.8) is 0 Å². The Kier molecular flexibility index (Phi) is 4.31. The number of hydrogen-bond acceptors (Lipinski definition) is 8. The predicted molar refractivity (Wildman–Crippen MR) is 105 cm³/mol. The van der Waals surface area contributed by atoms with E-state index in [-0.39, 0.29) is 0 Å². The summed E-state index contributed by atoms with van der Waals surface area (Å²) >= 11 is 0. The molecule has 0 bridgehead atoms. The molecule has 5 rings (SSSR count). The van der Waals surface area contributed by atoms with Crippen LogP contribution in [0.3, 0.4) is 0 Å². The van der Waals surface area contributed by atoms with Gasteiger partial charge in [0.05, 0.1) is 24.0 Å². The molecule has 3 aromatic rings. The number of hydrogen-bond donors (Lipinski definition) is 0. The fraction of sp³-hybridized carbons (Fsp3) is 0.526. The van der Waals surface area contributed by atoms with E-state index in [1.54, 1.807) is 11.6 Å². The maximum absolute atomic E-state index is 5.25. The van der Waals surface area contributed by atoms with Gasteiger partial charge in [0, 0.05) is 33.3 Å². The zero-order valence-corrected chi connectivity index (χ0v) is 16.2. The minimum Gasteiger partial charge on any atom is -0.378 e. The molecule has 0 saturated carbocycles. The van der Waals surface area contributed by atoms with Crippen LogP contribution in [0, 0.1) is 0 Å². The molecule has 0 atom stereocenters. The highest BCUT2D eigenvalue weighted by Gasteiger charge is 2.33. The standard InChI is InChI=1S/C19H24N8O/c1-25(18-8-14(11-28-2)22-19-20-12-21-27(18)19)15-9-26(10-15)17-7-13-5-3-4-6-16(13)23-24-17/h7-8,12,15H,3-6,9-11H2,1-2H3. The van der Waals surface area contributed by atoms with Crippen LogP contribution in [0.4, 0.5) is 11.6 Å². The summed E-state index contributed by atoms with van der Waals surface area (Å²) in [6, 6.07) is 4.62. The molecular formula is C19H24N8O. The molecule has 1 saturated heterocycles. The molecule has 9 nitrogen and oxygen atoms in total. The zero-order chi connectivity index (χ0) is 19.1. The van der Waals surface area contributed by atoms with Crippen LogP contribution in [0.1, 0.15) is 29.8 Å². The topological polar surface area (TPSA) is 84.6 Å². The average Bonchev–Trinajstić information content (AvgIpc) is 3.15. The Balaban J connectivity index is 1.34. The van der Waals surface area contributed by atoms with Crippen molar-refractivity contribution in [2.45, 2.75) is 38.3 Å². The third-order valence-corrected chi connectivity index (χ3v) is 5.73. The van der Waals surface area contributed by atoms with Gasteiger partial charge in [-0.05, 0) is 37.3 Å². The van der Waals surface area contributed by atoms with E-state index in [0.717, 1.165) is 43.3 Å². The summed E-state index contributed by atoms with van der Waals surface area (Å²) in [5.41, 5.74) is 3.40. The lowest BCUT2D eigenvalue weighted by Gasteiger charge is -2.45. The van der Waals surface area contributed by atoms with Crippen LogP contribution in [0.15, 0.2) is 18.5 Å². The summed E-state index contributed by atoms with van der Waals surface area (Å²) in [5.74, 6) is 2.55. The molecule has 2 aliphatic rings. The molecular weight excluding hydrogens is 356 g/mol. The van der Waals surface area contributed by atoms with Gasteiger partial charge < -0.3 is 14.5 Å². The van der Waals surface area contributed by atoms with Crippen molar-refractivity contribution < 1.29 is 4.74 Å². The lowest BCUT2D eigenvalue weighted by atomic mass is 9.96. The minimum absolute atomic E-state index is 0.364. The van der Waals surface area contributed by atoms with Gasteiger partial charge in [0.1, 0.15) is 12.1 Å². The van der Waals surface area contributed by atoms with E-state index in [9.17, 15) is 0 Å². The first kappa shape index (κ1) is 17.3. The fourth-order valence-electron chi connectivity index (χ4n) is 4.02. The van der Waals surface area contributed by atoms with Crippen molar-refractivity contribution >= 4 is 17.4 Å². The number of anilines is 2. The van der Waals surface area contributed by atoms with Crippen molar-refractivity contribution in [3.8, 4) is 0 Å². The summed E-state index contributed by atoms with van der Waals surface area (Å²) in [5, 5.41) is 13.3. The second kappa shape index (κ2) is 6.97. The van der Waals surface area contributed by atoms with Crippen molar-refractivity contribution in [1.29, 1.82) is 0 Å². The molecule has 0 unspecified atom stereocenters. The predicted octanol–water partition coefficient (Wildman–Crippen LogP) is 1.26. The van der Waals surface area contributed by atoms with Crippen LogP contribution < -0.4 is 9.80 Å². The molecule has 1 fully saturated rings. The third-order valence-electron chi connectivity index (χ3n) is 5.73. The Bertz CT molecular complexity index is 997. The summed E-state index contributed by atoms with van der Waals surface area (Å²) in [6.07, 6.45) is 6.20. The maximum Gasteiger partial charge on any atom is 0.254 e. The maximum atomic E-state index is 5.25. The summed E-state index contributed by atoms with van der Waals surface area (Å²) < 4.78 is 7.03. The second-order valence-corrected chi connectivity index (χ2v) is 7.56. The van der Waals surface area contributed by atoms with Crippen LogP contribution in [-0.2, 0) is 24.2 Å². The van der Waals surface area contributed by atoms with Crippen molar-refractivity contribution in [2.24, 2.45) is 0 Å². The SMILES string of the molecule is COCc1cc(N(C)C2CN(c3cc4c(nn3)CCCC4)C2)n2ncnc2n1. The molecule has 0 spiro atoms. The summed E-state index contributed by atoms with van der Waals surface area (Å²) in [7, 11) is 3.76. The van der Waals surface area contributed by atoms with E-state index in [4.69, 9.17) is 4.74 Å². The van der Waals surface area contributed by atoms with Gasteiger partial charge in [-0.3, -0.25) is 0 Å². The number of likely N-dealkylation sites (N-methyl/N-ethyl adjacent to an activating group) is 1. The zero-order valence-electron chi connectivity index (χ0n) is 16.2. The van der Waals surface area contributed by atoms with E-state index in [0.29, 0.717) is 18.4 Å². The van der Waals surface area contributed by atoms with Gasteiger partial charge >= 0.3 is 0 Å². The molecule has 1 aliphatic carbocycles. The van der Waals surface area contributed by atoms with Crippen molar-refractivity contribution in [1.82, 2.24) is 29.8 Å². The van der Waals surface area contributed by atoms with Gasteiger partial charge in [-0.2, -0.15) is 19.7 Å². The van der Waals surface area contributed by atoms with Crippen LogP contribution in [0.25, 0.3) is 5.78 Å². The smallest absolute Gasteiger partial charge is 0.254 e. The Morgan fingerprint density at radius 3 is 2.89 bits per heavy atom. The van der Waals surface area contributed by atoms with Crippen molar-refractivity contribution in [3.05, 3.63) is 35.4 Å². The van der Waals surface area contributed by atoms with E-state index >= 15 is 0 Å². The second-order valence-electron chi connectivity index (χ2n) is 7.56. The quantitative estimate of drug-likeness (QED) is 0.654. The number of ether oxygens (including phenoxy) is 1. The molecule has 0 aromatic carbocycles. The fourth-order valence-corrected chi connectivity index (χ4v) is 4.02. The van der Waals surface area contributed by atoms with Gasteiger partial charge in [0.15, 0.2) is 5.82 Å². The Morgan fingerprint density at radius 2 is 2.04 bits per heavy atom. The summed E-state index contributed by atoms with van der Waals surface area (Å²) in [4.78, 5) is 13.3. The number of nitrogens with zero attached hydrogens (tertiary/aromatic N) is 8. The van der Waals surface area contributed by atoms with Crippen molar-refractivity contribution in [2.75, 3.05) is 37.0 Å². The molecule has 9 heteroatoms. The first-order valence-corrected chi connectivity index (χ1v) is 9.75. The number of aryl methyl sites for hydroxylation is 2. The molecule has 3 aromatic heterocycles. The number of aromatic nitrogens is 6. The molecule has 1 aliphatic heterocycles. The monoisotopic (exact) mass is 380 g/mol. The van der Waals surface area contributed by atoms with E-state index < -0.39 is 0 Å². The third kappa shape index (κ3) is 2.95. The molecule has 0 radical (unpaired) electrons. The number of rotatable bonds is 5. The lowest BCUT2D eigenvalue weighted by molar-refractivity contribution is 0.181. The van der Waals surface area contributed by atoms with Gasteiger partial charge in [0.25, 0.3) is 5.78 Å². The number of fused-ring (bicyclic) bond motifs is 2. The normalized spacial score (nSPS) is 16.9. The molecule has 4 heterocycles. The Morgan fingerprint density at radius 1 is 1.18 bits per heavy atom. The molecule has 146 valence electrons. The van der Waals surface area contributed by atoms with Gasteiger partial charge in [0.2, 0.25) is 0 Å².